The molecule has 1 amide bonds. The van der Waals surface area contributed by atoms with E-state index in [2.05, 4.69) is 55.3 Å². The van der Waals surface area contributed by atoms with E-state index < -0.39 is 0 Å². The number of amides is 1. The second-order valence-electron chi connectivity index (χ2n) is 6.64. The lowest BCUT2D eigenvalue weighted by atomic mass is 10.0. The van der Waals surface area contributed by atoms with E-state index in [9.17, 15) is 4.79 Å². The van der Waals surface area contributed by atoms with Gasteiger partial charge in [-0.1, -0.05) is 43.7 Å². The molecule has 1 aliphatic heterocycles. The highest BCUT2D eigenvalue weighted by atomic mass is 16.2. The molecule has 1 saturated heterocycles. The molecule has 1 aromatic rings. The van der Waals surface area contributed by atoms with Crippen molar-refractivity contribution in [2.75, 3.05) is 0 Å². The Morgan fingerprint density at radius 3 is 2.45 bits per heavy atom. The fourth-order valence-corrected chi connectivity index (χ4v) is 3.04. The van der Waals surface area contributed by atoms with Crippen LogP contribution in [0.5, 0.6) is 0 Å². The van der Waals surface area contributed by atoms with E-state index in [1.54, 1.807) is 0 Å². The normalized spacial score (nSPS) is 26.6. The first-order valence-corrected chi connectivity index (χ1v) is 7.71. The maximum absolute atomic E-state index is 12.6. The molecule has 2 unspecified atom stereocenters. The summed E-state index contributed by atoms with van der Waals surface area (Å²) >= 11 is 0. The van der Waals surface area contributed by atoms with E-state index in [1.807, 2.05) is 0 Å². The highest BCUT2D eigenvalue weighted by molar-refractivity contribution is 5.85. The average molecular weight is 272 g/mol. The maximum Gasteiger partial charge on any atom is 0.241 e. The van der Waals surface area contributed by atoms with E-state index in [0.29, 0.717) is 17.9 Å². The lowest BCUT2D eigenvalue weighted by Crippen LogP contribution is -2.33. The van der Waals surface area contributed by atoms with Crippen LogP contribution in [0, 0.1) is 12.8 Å². The summed E-state index contributed by atoms with van der Waals surface area (Å²) in [4.78, 5) is 14.7. The van der Waals surface area contributed by atoms with Gasteiger partial charge in [0.05, 0.1) is 6.04 Å². The van der Waals surface area contributed by atoms with E-state index in [4.69, 9.17) is 0 Å². The average Bonchev–Trinajstić information content (AvgIpc) is 3.17. The number of hydrogen-bond acceptors (Lipinski definition) is 2. The quantitative estimate of drug-likeness (QED) is 0.914. The number of nitrogens with zero attached hydrogens (tertiary/aromatic N) is 1. The van der Waals surface area contributed by atoms with Gasteiger partial charge in [0.1, 0.15) is 6.17 Å². The van der Waals surface area contributed by atoms with Gasteiger partial charge in [-0.25, -0.2) is 0 Å². The van der Waals surface area contributed by atoms with Crippen molar-refractivity contribution >= 4 is 5.91 Å². The summed E-state index contributed by atoms with van der Waals surface area (Å²) < 4.78 is 0. The number of carbonyl (C=O) groups is 1. The predicted molar refractivity (Wildman–Crippen MR) is 80.2 cm³/mol. The molecule has 2 aliphatic rings. The minimum absolute atomic E-state index is 0.0121. The SMILES string of the molecule is Cc1ccc(C2NC(CC(C)C)C(=O)N2C2CC2)cc1. The predicted octanol–water partition coefficient (Wildman–Crippen LogP) is 3.00. The van der Waals surface area contributed by atoms with Crippen molar-refractivity contribution in [3.05, 3.63) is 35.4 Å². The fourth-order valence-electron chi connectivity index (χ4n) is 3.04. The Hall–Kier alpha value is -1.35. The molecule has 0 radical (unpaired) electrons. The zero-order valence-electron chi connectivity index (χ0n) is 12.6. The van der Waals surface area contributed by atoms with Crippen molar-refractivity contribution in [3.8, 4) is 0 Å². The number of benzene rings is 1. The van der Waals surface area contributed by atoms with Crippen molar-refractivity contribution in [2.24, 2.45) is 5.92 Å². The maximum atomic E-state index is 12.6. The van der Waals surface area contributed by atoms with Crippen LogP contribution in [-0.4, -0.2) is 22.9 Å². The first-order chi connectivity index (χ1) is 9.56. The van der Waals surface area contributed by atoms with Gasteiger partial charge in [-0.15, -0.1) is 0 Å². The van der Waals surface area contributed by atoms with Crippen LogP contribution in [0.25, 0.3) is 0 Å². The topological polar surface area (TPSA) is 32.3 Å². The fraction of sp³-hybridized carbons (Fsp3) is 0.588. The van der Waals surface area contributed by atoms with Crippen LogP contribution in [-0.2, 0) is 4.79 Å². The standard InChI is InChI=1S/C17H24N2O/c1-11(2)10-15-17(20)19(14-8-9-14)16(18-15)13-6-4-12(3)5-7-13/h4-7,11,14-16,18H,8-10H2,1-3H3. The second-order valence-corrected chi connectivity index (χ2v) is 6.64. The summed E-state index contributed by atoms with van der Waals surface area (Å²) in [6.45, 7) is 6.45. The first-order valence-electron chi connectivity index (χ1n) is 7.71. The third-order valence-corrected chi connectivity index (χ3v) is 4.23. The Morgan fingerprint density at radius 1 is 1.25 bits per heavy atom. The third kappa shape index (κ3) is 2.59. The van der Waals surface area contributed by atoms with Gasteiger partial charge in [-0.3, -0.25) is 10.1 Å². The Labute approximate surface area is 121 Å². The molecular weight excluding hydrogens is 248 g/mol. The molecule has 20 heavy (non-hydrogen) atoms. The highest BCUT2D eigenvalue weighted by Gasteiger charge is 2.46. The summed E-state index contributed by atoms with van der Waals surface area (Å²) in [5, 5.41) is 3.56. The number of aryl methyl sites for hydroxylation is 1. The van der Waals surface area contributed by atoms with Crippen LogP contribution in [0.3, 0.4) is 0 Å². The Morgan fingerprint density at radius 2 is 1.90 bits per heavy atom. The van der Waals surface area contributed by atoms with E-state index in [-0.39, 0.29) is 12.2 Å². The minimum atomic E-state index is -0.0121. The Balaban J connectivity index is 1.84. The van der Waals surface area contributed by atoms with Crippen LogP contribution in [0.15, 0.2) is 24.3 Å². The lowest BCUT2D eigenvalue weighted by Gasteiger charge is -2.24. The van der Waals surface area contributed by atoms with Crippen molar-refractivity contribution < 1.29 is 4.79 Å². The lowest BCUT2D eigenvalue weighted by molar-refractivity contribution is -0.130. The third-order valence-electron chi connectivity index (χ3n) is 4.23. The number of rotatable bonds is 4. The minimum Gasteiger partial charge on any atom is -0.319 e. The molecule has 0 aromatic heterocycles. The molecule has 1 heterocycles. The highest BCUT2D eigenvalue weighted by Crippen LogP contribution is 2.38. The molecule has 108 valence electrons. The van der Waals surface area contributed by atoms with Crippen LogP contribution < -0.4 is 5.32 Å². The van der Waals surface area contributed by atoms with Crippen molar-refractivity contribution in [1.29, 1.82) is 0 Å². The number of nitrogens with one attached hydrogen (secondary N) is 1. The van der Waals surface area contributed by atoms with Crippen LogP contribution in [0.1, 0.15) is 50.4 Å². The molecule has 3 heteroatoms. The summed E-state index contributed by atoms with van der Waals surface area (Å²) in [5.41, 5.74) is 2.47. The Bertz CT molecular complexity index is 490. The molecular formula is C17H24N2O. The summed E-state index contributed by atoms with van der Waals surface area (Å²) in [5.74, 6) is 0.834. The zero-order chi connectivity index (χ0) is 14.3. The van der Waals surface area contributed by atoms with Gasteiger partial charge in [-0.05, 0) is 37.7 Å². The molecule has 1 saturated carbocycles. The molecule has 2 atom stereocenters. The summed E-state index contributed by atoms with van der Waals surface area (Å²) in [6, 6.07) is 8.99. The Kier molecular flexibility index (Phi) is 3.55. The smallest absolute Gasteiger partial charge is 0.241 e. The van der Waals surface area contributed by atoms with Crippen molar-refractivity contribution in [2.45, 2.75) is 58.3 Å². The van der Waals surface area contributed by atoms with E-state index in [0.717, 1.165) is 19.3 Å². The van der Waals surface area contributed by atoms with Crippen LogP contribution in [0.4, 0.5) is 0 Å². The molecule has 3 nitrogen and oxygen atoms in total. The molecule has 0 spiro atoms. The zero-order valence-corrected chi connectivity index (χ0v) is 12.6. The van der Waals surface area contributed by atoms with Crippen molar-refractivity contribution in [1.82, 2.24) is 10.2 Å². The largest absolute Gasteiger partial charge is 0.319 e. The van der Waals surface area contributed by atoms with Gasteiger partial charge in [0.25, 0.3) is 0 Å². The molecule has 1 aromatic carbocycles. The van der Waals surface area contributed by atoms with Gasteiger partial charge < -0.3 is 4.90 Å². The molecule has 0 bridgehead atoms. The van der Waals surface area contributed by atoms with Gasteiger partial charge >= 0.3 is 0 Å². The molecule has 2 fully saturated rings. The van der Waals surface area contributed by atoms with Gasteiger partial charge in [-0.2, -0.15) is 0 Å². The number of hydrogen-bond donors (Lipinski definition) is 1. The van der Waals surface area contributed by atoms with Crippen LogP contribution >= 0.6 is 0 Å². The van der Waals surface area contributed by atoms with Gasteiger partial charge in [0.2, 0.25) is 5.91 Å². The summed E-state index contributed by atoms with van der Waals surface area (Å²) in [6.07, 6.45) is 3.30. The molecule has 1 N–H and O–H groups in total. The van der Waals surface area contributed by atoms with E-state index in [1.165, 1.54) is 11.1 Å². The molecule has 1 aliphatic carbocycles. The van der Waals surface area contributed by atoms with Gasteiger partial charge in [0, 0.05) is 6.04 Å². The van der Waals surface area contributed by atoms with Crippen LogP contribution in [0.2, 0.25) is 0 Å². The van der Waals surface area contributed by atoms with Crippen molar-refractivity contribution in [3.63, 3.8) is 0 Å². The number of carbonyl (C=O) groups excluding carboxylic acids is 1. The summed E-state index contributed by atoms with van der Waals surface area (Å²) in [7, 11) is 0. The second kappa shape index (κ2) is 5.21. The first kappa shape index (κ1) is 13.6. The molecule has 3 rings (SSSR count). The van der Waals surface area contributed by atoms with E-state index >= 15 is 0 Å². The monoisotopic (exact) mass is 272 g/mol. The van der Waals surface area contributed by atoms with Gasteiger partial charge in [0.15, 0.2) is 0 Å².